The number of carbonyl (C=O) groups excluding carboxylic acids is 1. The van der Waals surface area contributed by atoms with E-state index in [2.05, 4.69) is 0 Å². The van der Waals surface area contributed by atoms with Gasteiger partial charge in [0.25, 0.3) is 0 Å². The number of amides is 1. The minimum atomic E-state index is -0.288. The molecule has 1 aliphatic rings. The fraction of sp³-hybridized carbons (Fsp3) is 0.312. The third kappa shape index (κ3) is 2.60. The summed E-state index contributed by atoms with van der Waals surface area (Å²) in [5.74, 6) is 0.135. The molecule has 4 heteroatoms. The minimum absolute atomic E-state index is 0.135. The molecule has 104 valence electrons. The summed E-state index contributed by atoms with van der Waals surface area (Å²) in [4.78, 5) is 14.7. The first-order chi connectivity index (χ1) is 9.86. The number of benzene rings is 1. The van der Waals surface area contributed by atoms with E-state index in [0.29, 0.717) is 26.3 Å². The van der Waals surface area contributed by atoms with Crippen molar-refractivity contribution in [2.75, 3.05) is 26.3 Å². The first kappa shape index (κ1) is 12.9. The zero-order valence-corrected chi connectivity index (χ0v) is 11.3. The summed E-state index contributed by atoms with van der Waals surface area (Å²) in [5, 5.41) is 0. The maximum Gasteiger partial charge on any atom is 0.250 e. The van der Waals surface area contributed by atoms with Gasteiger partial charge in [-0.05, 0) is 17.7 Å². The Morgan fingerprint density at radius 1 is 1.00 bits per heavy atom. The second-order valence-corrected chi connectivity index (χ2v) is 4.88. The van der Waals surface area contributed by atoms with Crippen LogP contribution in [-0.2, 0) is 9.53 Å². The van der Waals surface area contributed by atoms with E-state index in [4.69, 9.17) is 4.74 Å². The Hall–Kier alpha value is -2.07. The third-order valence-corrected chi connectivity index (χ3v) is 3.60. The van der Waals surface area contributed by atoms with E-state index >= 15 is 0 Å². The lowest BCUT2D eigenvalue weighted by Gasteiger charge is -2.31. The van der Waals surface area contributed by atoms with Crippen LogP contribution in [0.2, 0.25) is 0 Å². The molecule has 0 aliphatic carbocycles. The fourth-order valence-corrected chi connectivity index (χ4v) is 2.55. The lowest BCUT2D eigenvalue weighted by atomic mass is 10.1. The number of morpholine rings is 1. The normalized spacial score (nSPS) is 16.9. The molecule has 0 radical (unpaired) electrons. The molecule has 0 N–H and O–H groups in total. The van der Waals surface area contributed by atoms with E-state index in [0.717, 1.165) is 5.56 Å². The van der Waals surface area contributed by atoms with Crippen LogP contribution in [0.4, 0.5) is 0 Å². The molecule has 0 bridgehead atoms. The van der Waals surface area contributed by atoms with Crippen molar-refractivity contribution in [3.8, 4) is 0 Å². The van der Waals surface area contributed by atoms with Crippen LogP contribution in [0.5, 0.6) is 0 Å². The van der Waals surface area contributed by atoms with Gasteiger partial charge in [-0.25, -0.2) is 0 Å². The van der Waals surface area contributed by atoms with Crippen molar-refractivity contribution >= 4 is 5.91 Å². The van der Waals surface area contributed by atoms with E-state index < -0.39 is 0 Å². The van der Waals surface area contributed by atoms with Gasteiger partial charge in [-0.2, -0.15) is 0 Å². The Morgan fingerprint density at radius 3 is 2.30 bits per heavy atom. The second-order valence-electron chi connectivity index (χ2n) is 4.88. The molecule has 1 amide bonds. The predicted octanol–water partition coefficient (Wildman–Crippen LogP) is 1.94. The largest absolute Gasteiger partial charge is 0.378 e. The number of aromatic nitrogens is 1. The molecular weight excluding hydrogens is 252 g/mol. The van der Waals surface area contributed by atoms with Crippen LogP contribution in [0, 0.1) is 0 Å². The number of nitrogens with zero attached hydrogens (tertiary/aromatic N) is 2. The molecule has 1 aromatic carbocycles. The van der Waals surface area contributed by atoms with E-state index in [9.17, 15) is 4.79 Å². The smallest absolute Gasteiger partial charge is 0.250 e. The molecule has 4 nitrogen and oxygen atoms in total. The summed E-state index contributed by atoms with van der Waals surface area (Å²) in [5.41, 5.74) is 1.01. The zero-order chi connectivity index (χ0) is 13.8. The molecule has 2 heterocycles. The first-order valence-electron chi connectivity index (χ1n) is 6.90. The van der Waals surface area contributed by atoms with Crippen LogP contribution in [0.15, 0.2) is 54.9 Å². The molecule has 0 saturated carbocycles. The van der Waals surface area contributed by atoms with Gasteiger partial charge in [0.15, 0.2) is 0 Å². The Labute approximate surface area is 118 Å². The molecule has 1 fully saturated rings. The average Bonchev–Trinajstić information content (AvgIpc) is 3.03. The van der Waals surface area contributed by atoms with Gasteiger partial charge in [-0.3, -0.25) is 4.79 Å². The maximum atomic E-state index is 12.8. The molecule has 1 atom stereocenters. The lowest BCUT2D eigenvalue weighted by molar-refractivity contribution is -0.137. The van der Waals surface area contributed by atoms with Gasteiger partial charge in [-0.1, -0.05) is 30.3 Å². The van der Waals surface area contributed by atoms with E-state index in [1.54, 1.807) is 0 Å². The van der Waals surface area contributed by atoms with Crippen LogP contribution < -0.4 is 0 Å². The maximum absolute atomic E-state index is 12.8. The van der Waals surface area contributed by atoms with Crippen LogP contribution in [0.1, 0.15) is 11.6 Å². The van der Waals surface area contributed by atoms with Crippen LogP contribution in [-0.4, -0.2) is 41.7 Å². The molecule has 2 aromatic rings. The van der Waals surface area contributed by atoms with Crippen molar-refractivity contribution in [1.82, 2.24) is 9.47 Å². The molecule has 1 aliphatic heterocycles. The molecule has 1 aromatic heterocycles. The quantitative estimate of drug-likeness (QED) is 0.854. The van der Waals surface area contributed by atoms with Crippen molar-refractivity contribution in [2.45, 2.75) is 6.04 Å². The Kier molecular flexibility index (Phi) is 3.83. The predicted molar refractivity (Wildman–Crippen MR) is 76.4 cm³/mol. The SMILES string of the molecule is O=C(C(c1ccccc1)n1cccc1)N1CCOCC1. The lowest BCUT2D eigenvalue weighted by Crippen LogP contribution is -2.44. The summed E-state index contributed by atoms with van der Waals surface area (Å²) in [6, 6.07) is 13.5. The Bertz CT molecular complexity index is 545. The zero-order valence-electron chi connectivity index (χ0n) is 11.3. The highest BCUT2D eigenvalue weighted by atomic mass is 16.5. The van der Waals surface area contributed by atoms with E-state index in [1.165, 1.54) is 0 Å². The van der Waals surface area contributed by atoms with Gasteiger partial charge >= 0.3 is 0 Å². The summed E-state index contributed by atoms with van der Waals surface area (Å²) in [7, 11) is 0. The Balaban J connectivity index is 1.91. The highest BCUT2D eigenvalue weighted by molar-refractivity contribution is 5.83. The molecular formula is C16H18N2O2. The summed E-state index contributed by atoms with van der Waals surface area (Å²) >= 11 is 0. The molecule has 3 rings (SSSR count). The number of ether oxygens (including phenoxy) is 1. The fourth-order valence-electron chi connectivity index (χ4n) is 2.55. The van der Waals surface area contributed by atoms with Crippen molar-refractivity contribution < 1.29 is 9.53 Å². The number of carbonyl (C=O) groups is 1. The summed E-state index contributed by atoms with van der Waals surface area (Å²) < 4.78 is 7.29. The molecule has 1 unspecified atom stereocenters. The van der Waals surface area contributed by atoms with Crippen molar-refractivity contribution in [3.05, 3.63) is 60.4 Å². The topological polar surface area (TPSA) is 34.5 Å². The number of hydrogen-bond acceptors (Lipinski definition) is 2. The Morgan fingerprint density at radius 2 is 1.65 bits per heavy atom. The van der Waals surface area contributed by atoms with E-state index in [-0.39, 0.29) is 11.9 Å². The molecule has 1 saturated heterocycles. The monoisotopic (exact) mass is 270 g/mol. The minimum Gasteiger partial charge on any atom is -0.378 e. The summed E-state index contributed by atoms with van der Waals surface area (Å²) in [6.45, 7) is 2.59. The van der Waals surface area contributed by atoms with E-state index in [1.807, 2.05) is 64.3 Å². The number of hydrogen-bond donors (Lipinski definition) is 0. The van der Waals surface area contributed by atoms with Crippen LogP contribution >= 0.6 is 0 Å². The molecule has 0 spiro atoms. The van der Waals surface area contributed by atoms with Crippen molar-refractivity contribution in [3.63, 3.8) is 0 Å². The highest BCUT2D eigenvalue weighted by Crippen LogP contribution is 2.21. The molecule has 20 heavy (non-hydrogen) atoms. The van der Waals surface area contributed by atoms with Gasteiger partial charge in [0.2, 0.25) is 5.91 Å². The van der Waals surface area contributed by atoms with Crippen molar-refractivity contribution in [1.29, 1.82) is 0 Å². The van der Waals surface area contributed by atoms with Gasteiger partial charge in [-0.15, -0.1) is 0 Å². The third-order valence-electron chi connectivity index (χ3n) is 3.60. The summed E-state index contributed by atoms with van der Waals surface area (Å²) in [6.07, 6.45) is 3.88. The number of rotatable bonds is 3. The van der Waals surface area contributed by atoms with Crippen LogP contribution in [0.3, 0.4) is 0 Å². The first-order valence-corrected chi connectivity index (χ1v) is 6.90. The van der Waals surface area contributed by atoms with Crippen molar-refractivity contribution in [2.24, 2.45) is 0 Å². The van der Waals surface area contributed by atoms with Gasteiger partial charge < -0.3 is 14.2 Å². The van der Waals surface area contributed by atoms with Gasteiger partial charge in [0.05, 0.1) is 13.2 Å². The van der Waals surface area contributed by atoms with Gasteiger partial charge in [0.1, 0.15) is 6.04 Å². The van der Waals surface area contributed by atoms with Gasteiger partial charge in [0, 0.05) is 25.5 Å². The standard InChI is InChI=1S/C16H18N2O2/c19-16(18-10-12-20-13-11-18)15(17-8-4-5-9-17)14-6-2-1-3-7-14/h1-9,15H,10-13H2. The second kappa shape index (κ2) is 5.92. The average molecular weight is 270 g/mol. The highest BCUT2D eigenvalue weighted by Gasteiger charge is 2.27. The van der Waals surface area contributed by atoms with Crippen LogP contribution in [0.25, 0.3) is 0 Å².